The van der Waals surface area contributed by atoms with Crippen molar-refractivity contribution in [1.29, 1.82) is 0 Å². The highest BCUT2D eigenvalue weighted by atomic mass is 35.5. The van der Waals surface area contributed by atoms with Crippen LogP contribution in [0.5, 0.6) is 0 Å². The van der Waals surface area contributed by atoms with E-state index in [1.165, 1.54) is 0 Å². The summed E-state index contributed by atoms with van der Waals surface area (Å²) in [6, 6.07) is 0. The van der Waals surface area contributed by atoms with E-state index in [-0.39, 0.29) is 16.2 Å². The first-order chi connectivity index (χ1) is 12.4. The zero-order valence-corrected chi connectivity index (χ0v) is 18.4. The van der Waals surface area contributed by atoms with Crippen LogP contribution in [0.15, 0.2) is 10.1 Å². The van der Waals surface area contributed by atoms with Gasteiger partial charge < -0.3 is 4.74 Å². The highest BCUT2D eigenvalue weighted by Gasteiger charge is 2.90. The van der Waals surface area contributed by atoms with E-state index in [9.17, 15) is 9.59 Å². The summed E-state index contributed by atoms with van der Waals surface area (Å²) in [5.74, 6) is -3.54. The fourth-order valence-electron chi connectivity index (χ4n) is 5.59. The Hall–Kier alpha value is 0.540. The number of hydrogen-bond acceptors (Lipinski definition) is 4. The third-order valence-electron chi connectivity index (χ3n) is 6.45. The first-order valence-electron chi connectivity index (χ1n) is 8.44. The lowest BCUT2D eigenvalue weighted by Gasteiger charge is -2.39. The van der Waals surface area contributed by atoms with Gasteiger partial charge in [-0.15, -0.1) is 23.2 Å². The molecule has 5 aliphatic rings. The molecule has 0 N–H and O–H groups in total. The lowest BCUT2D eigenvalue weighted by atomic mass is 9.65. The Bertz CT molecular complexity index is 774. The molecule has 148 valence electrons. The van der Waals surface area contributed by atoms with Gasteiger partial charge in [-0.2, -0.15) is 5.06 Å². The highest BCUT2D eigenvalue weighted by molar-refractivity contribution is 6.65. The van der Waals surface area contributed by atoms with Crippen LogP contribution < -0.4 is 0 Å². The monoisotopic (exact) mass is 493 g/mol. The van der Waals surface area contributed by atoms with Gasteiger partial charge in [0.15, 0.2) is 4.33 Å². The second kappa shape index (κ2) is 5.42. The van der Waals surface area contributed by atoms with Gasteiger partial charge in [-0.05, 0) is 13.8 Å². The second-order valence-electron chi connectivity index (χ2n) is 7.92. The standard InChI is InChI=1S/C16H13Cl6NO4/c1-3(2)27-23-12(24)4-5(13(23)25)9-7-6(8(4)26-9)14(19)10(17)11(18)15(7,20)16(14,21)22/h3-9H,1-2H3/t4-,5+,6-,7+,8+,9-,14-,15-/m1/s1. The molecule has 4 fully saturated rings. The molecule has 2 amide bonds. The number of allylic oxidation sites excluding steroid dienone is 2. The van der Waals surface area contributed by atoms with Crippen LogP contribution in [0.4, 0.5) is 0 Å². The fraction of sp³-hybridized carbons (Fsp3) is 0.750. The summed E-state index contributed by atoms with van der Waals surface area (Å²) in [7, 11) is 0. The third kappa shape index (κ3) is 1.79. The third-order valence-corrected chi connectivity index (χ3v) is 10.7. The Balaban J connectivity index is 1.63. The minimum Gasteiger partial charge on any atom is -0.373 e. The molecule has 3 saturated heterocycles. The van der Waals surface area contributed by atoms with E-state index in [0.717, 1.165) is 5.06 Å². The predicted octanol–water partition coefficient (Wildman–Crippen LogP) is 3.79. The number of imide groups is 1. The number of carbonyl (C=O) groups is 2. The van der Waals surface area contributed by atoms with Crippen LogP contribution in [0.2, 0.25) is 0 Å². The number of rotatable bonds is 2. The Morgan fingerprint density at radius 1 is 0.926 bits per heavy atom. The zero-order valence-electron chi connectivity index (χ0n) is 13.9. The molecule has 27 heavy (non-hydrogen) atoms. The molecule has 4 bridgehead atoms. The number of fused-ring (bicyclic) bond motifs is 12. The number of amides is 2. The van der Waals surface area contributed by atoms with Gasteiger partial charge in [0.2, 0.25) is 0 Å². The van der Waals surface area contributed by atoms with Crippen molar-refractivity contribution >= 4 is 81.4 Å². The summed E-state index contributed by atoms with van der Waals surface area (Å²) in [4.78, 5) is 28.2. The van der Waals surface area contributed by atoms with Crippen LogP contribution in [0.25, 0.3) is 0 Å². The smallest absolute Gasteiger partial charge is 0.260 e. The van der Waals surface area contributed by atoms with Crippen molar-refractivity contribution in [3.05, 3.63) is 10.1 Å². The van der Waals surface area contributed by atoms with E-state index in [0.29, 0.717) is 0 Å². The number of halogens is 6. The fourth-order valence-corrected chi connectivity index (χ4v) is 8.65. The minimum atomic E-state index is -1.72. The van der Waals surface area contributed by atoms with Gasteiger partial charge in [-0.3, -0.25) is 14.4 Å². The summed E-state index contributed by atoms with van der Waals surface area (Å²) in [6.45, 7) is 3.46. The van der Waals surface area contributed by atoms with Gasteiger partial charge in [-0.25, -0.2) is 0 Å². The normalized spacial score (nSPS) is 51.8. The quantitative estimate of drug-likeness (QED) is 0.432. The average Bonchev–Trinajstić information content (AvgIpc) is 3.27. The molecule has 0 spiro atoms. The lowest BCUT2D eigenvalue weighted by Crippen LogP contribution is -2.50. The van der Waals surface area contributed by atoms with Crippen molar-refractivity contribution in [3.63, 3.8) is 0 Å². The largest absolute Gasteiger partial charge is 0.373 e. The van der Waals surface area contributed by atoms with Crippen LogP contribution in [-0.4, -0.2) is 49.3 Å². The van der Waals surface area contributed by atoms with Gasteiger partial charge in [0, 0.05) is 11.8 Å². The predicted molar refractivity (Wildman–Crippen MR) is 101 cm³/mol. The Morgan fingerprint density at radius 3 is 1.70 bits per heavy atom. The molecule has 5 nitrogen and oxygen atoms in total. The molecule has 0 radical (unpaired) electrons. The van der Waals surface area contributed by atoms with Crippen molar-refractivity contribution in [2.24, 2.45) is 23.7 Å². The molecule has 0 unspecified atom stereocenters. The van der Waals surface area contributed by atoms with E-state index in [2.05, 4.69) is 0 Å². The maximum atomic E-state index is 12.9. The van der Waals surface area contributed by atoms with E-state index in [1.54, 1.807) is 13.8 Å². The summed E-state index contributed by atoms with van der Waals surface area (Å²) >= 11 is 39.8. The molecule has 1 saturated carbocycles. The zero-order chi connectivity index (χ0) is 19.8. The highest BCUT2D eigenvalue weighted by Crippen LogP contribution is 2.81. The second-order valence-corrected chi connectivity index (χ2v) is 11.2. The number of ether oxygens (including phenoxy) is 1. The molecule has 8 atom stereocenters. The van der Waals surface area contributed by atoms with Crippen LogP contribution in [0.3, 0.4) is 0 Å². The molecule has 3 heterocycles. The number of hydrogen-bond donors (Lipinski definition) is 0. The molecule has 2 aliphatic carbocycles. The first-order valence-corrected chi connectivity index (χ1v) is 10.7. The van der Waals surface area contributed by atoms with Crippen LogP contribution in [0, 0.1) is 23.7 Å². The van der Waals surface area contributed by atoms with Crippen LogP contribution >= 0.6 is 69.6 Å². The van der Waals surface area contributed by atoms with Gasteiger partial charge in [0.05, 0.1) is 40.2 Å². The Labute approximate surface area is 185 Å². The maximum absolute atomic E-state index is 12.9. The Morgan fingerprint density at radius 2 is 1.33 bits per heavy atom. The molecule has 11 heteroatoms. The van der Waals surface area contributed by atoms with Crippen molar-refractivity contribution < 1.29 is 19.2 Å². The number of hydroxylamine groups is 2. The van der Waals surface area contributed by atoms with E-state index >= 15 is 0 Å². The number of nitrogens with zero attached hydrogens (tertiary/aromatic N) is 1. The SMILES string of the molecule is CC(C)ON1C(=O)[C@@H]2[C@H]3O[C@@H]([C@@H]2C1=O)[C@H]1[C@@H]3[C@@]2(Cl)C(Cl)=C(Cl)[C@@]1(Cl)C2(Cl)Cl. The van der Waals surface area contributed by atoms with Gasteiger partial charge in [-0.1, -0.05) is 46.4 Å². The number of carbonyl (C=O) groups excluding carboxylic acids is 2. The van der Waals surface area contributed by atoms with Crippen molar-refractivity contribution in [1.82, 2.24) is 5.06 Å². The summed E-state index contributed by atoms with van der Waals surface area (Å²) in [5, 5.41) is 0.956. The molecular formula is C16H13Cl6NO4. The van der Waals surface area contributed by atoms with E-state index < -0.39 is 61.8 Å². The van der Waals surface area contributed by atoms with E-state index in [4.69, 9.17) is 79.2 Å². The molecule has 0 aromatic rings. The summed E-state index contributed by atoms with van der Waals surface area (Å²) < 4.78 is 4.33. The molecular weight excluding hydrogens is 483 g/mol. The molecule has 0 aromatic heterocycles. The number of alkyl halides is 4. The van der Waals surface area contributed by atoms with E-state index in [1.807, 2.05) is 0 Å². The minimum absolute atomic E-state index is 0.0619. The first kappa shape index (κ1) is 19.5. The van der Waals surface area contributed by atoms with Crippen molar-refractivity contribution in [2.45, 2.75) is 46.2 Å². The van der Waals surface area contributed by atoms with Crippen molar-refractivity contribution in [3.8, 4) is 0 Å². The molecule has 5 rings (SSSR count). The van der Waals surface area contributed by atoms with Gasteiger partial charge in [0.25, 0.3) is 11.8 Å². The topological polar surface area (TPSA) is 55.8 Å². The summed E-state index contributed by atoms with van der Waals surface area (Å²) in [6.07, 6.45) is -1.76. The van der Waals surface area contributed by atoms with Crippen LogP contribution in [-0.2, 0) is 19.2 Å². The van der Waals surface area contributed by atoms with Gasteiger partial charge >= 0.3 is 0 Å². The maximum Gasteiger partial charge on any atom is 0.260 e. The molecule has 3 aliphatic heterocycles. The van der Waals surface area contributed by atoms with Gasteiger partial charge in [0.1, 0.15) is 9.75 Å². The molecule has 0 aromatic carbocycles. The van der Waals surface area contributed by atoms with Crippen LogP contribution in [0.1, 0.15) is 13.8 Å². The average molecular weight is 496 g/mol. The lowest BCUT2D eigenvalue weighted by molar-refractivity contribution is -0.202. The van der Waals surface area contributed by atoms with Crippen molar-refractivity contribution in [2.75, 3.05) is 0 Å². The summed E-state index contributed by atoms with van der Waals surface area (Å²) in [5.41, 5.74) is 0. The Kier molecular flexibility index (Phi) is 3.91.